The quantitative estimate of drug-likeness (QED) is 0.774. The van der Waals surface area contributed by atoms with E-state index in [9.17, 15) is 4.79 Å². The van der Waals surface area contributed by atoms with Gasteiger partial charge < -0.3 is 10.3 Å². The number of nitrogens with zero attached hydrogens (tertiary/aromatic N) is 1. The van der Waals surface area contributed by atoms with E-state index >= 15 is 0 Å². The molecule has 0 spiro atoms. The minimum atomic E-state index is -0.0566. The molecule has 0 saturated carbocycles. The van der Waals surface area contributed by atoms with Crippen molar-refractivity contribution in [3.05, 3.63) is 69.8 Å². The Morgan fingerprint density at radius 3 is 2.76 bits per heavy atom. The highest BCUT2D eigenvalue weighted by Gasteiger charge is 2.04. The second-order valence-electron chi connectivity index (χ2n) is 5.15. The van der Waals surface area contributed by atoms with Crippen LogP contribution in [0.5, 0.6) is 0 Å². The zero-order valence-corrected chi connectivity index (χ0v) is 12.1. The number of aromatic nitrogens is 2. The maximum Gasteiger partial charge on any atom is 0.253 e. The molecule has 0 bridgehead atoms. The lowest BCUT2D eigenvalue weighted by atomic mass is 10.1. The van der Waals surface area contributed by atoms with Crippen molar-refractivity contribution in [1.29, 1.82) is 0 Å². The second-order valence-corrected chi connectivity index (χ2v) is 5.15. The number of aryl methyl sites for hydroxylation is 2. The predicted molar refractivity (Wildman–Crippen MR) is 85.6 cm³/mol. The summed E-state index contributed by atoms with van der Waals surface area (Å²) in [5.74, 6) is 0. The van der Waals surface area contributed by atoms with Gasteiger partial charge >= 0.3 is 0 Å². The van der Waals surface area contributed by atoms with E-state index in [1.807, 2.05) is 56.3 Å². The van der Waals surface area contributed by atoms with Crippen molar-refractivity contribution in [1.82, 2.24) is 9.97 Å². The molecule has 1 aromatic carbocycles. The summed E-state index contributed by atoms with van der Waals surface area (Å²) in [6.07, 6.45) is 0. The van der Waals surface area contributed by atoms with Crippen LogP contribution >= 0.6 is 0 Å². The Hall–Kier alpha value is -2.62. The molecular weight excluding hydrogens is 262 g/mol. The van der Waals surface area contributed by atoms with E-state index in [0.29, 0.717) is 12.1 Å². The van der Waals surface area contributed by atoms with Gasteiger partial charge in [0.1, 0.15) is 0 Å². The van der Waals surface area contributed by atoms with Crippen molar-refractivity contribution >= 4 is 16.6 Å². The Morgan fingerprint density at radius 1 is 1.14 bits per heavy atom. The van der Waals surface area contributed by atoms with Crippen LogP contribution in [0, 0.1) is 13.8 Å². The smallest absolute Gasteiger partial charge is 0.253 e. The first-order valence-electron chi connectivity index (χ1n) is 6.92. The Labute approximate surface area is 122 Å². The van der Waals surface area contributed by atoms with Gasteiger partial charge in [-0.15, -0.1) is 0 Å². The molecule has 0 unspecified atom stereocenters. The van der Waals surface area contributed by atoms with Crippen LogP contribution in [0.4, 0.5) is 5.69 Å². The fourth-order valence-electron chi connectivity index (χ4n) is 2.39. The maximum absolute atomic E-state index is 12.1. The number of benzene rings is 1. The third-order valence-corrected chi connectivity index (χ3v) is 3.52. The van der Waals surface area contributed by atoms with Crippen LogP contribution in [-0.2, 0) is 6.54 Å². The number of pyridine rings is 2. The zero-order chi connectivity index (χ0) is 14.8. The number of anilines is 1. The van der Waals surface area contributed by atoms with E-state index in [1.165, 1.54) is 0 Å². The third-order valence-electron chi connectivity index (χ3n) is 3.52. The lowest BCUT2D eigenvalue weighted by molar-refractivity contribution is 1.06. The highest BCUT2D eigenvalue weighted by molar-refractivity contribution is 5.78. The van der Waals surface area contributed by atoms with Gasteiger partial charge in [0, 0.05) is 23.3 Å². The van der Waals surface area contributed by atoms with Crippen molar-refractivity contribution in [2.45, 2.75) is 20.4 Å². The summed E-state index contributed by atoms with van der Waals surface area (Å²) in [4.78, 5) is 19.4. The summed E-state index contributed by atoms with van der Waals surface area (Å²) in [7, 11) is 0. The molecular formula is C17H17N3O. The van der Waals surface area contributed by atoms with Gasteiger partial charge in [-0.1, -0.05) is 18.2 Å². The molecule has 2 aromatic heterocycles. The molecule has 2 heterocycles. The second kappa shape index (κ2) is 5.40. The average molecular weight is 279 g/mol. The number of aromatic amines is 1. The van der Waals surface area contributed by atoms with Gasteiger partial charge in [0.15, 0.2) is 0 Å². The first-order chi connectivity index (χ1) is 10.1. The highest BCUT2D eigenvalue weighted by atomic mass is 16.1. The molecule has 4 heteroatoms. The Kier molecular flexibility index (Phi) is 3.44. The zero-order valence-electron chi connectivity index (χ0n) is 12.1. The van der Waals surface area contributed by atoms with E-state index in [0.717, 1.165) is 28.0 Å². The lowest BCUT2D eigenvalue weighted by Crippen LogP contribution is -2.16. The van der Waals surface area contributed by atoms with Crippen LogP contribution in [0.15, 0.2) is 47.3 Å². The Bertz CT molecular complexity index is 852. The fourth-order valence-corrected chi connectivity index (χ4v) is 2.39. The van der Waals surface area contributed by atoms with Crippen molar-refractivity contribution in [3.8, 4) is 0 Å². The van der Waals surface area contributed by atoms with Crippen LogP contribution in [0.2, 0.25) is 0 Å². The van der Waals surface area contributed by atoms with Crippen molar-refractivity contribution in [2.75, 3.05) is 5.32 Å². The number of fused-ring (bicyclic) bond motifs is 1. The van der Waals surface area contributed by atoms with Crippen LogP contribution in [0.3, 0.4) is 0 Å². The maximum atomic E-state index is 12.1. The van der Waals surface area contributed by atoms with Crippen molar-refractivity contribution in [3.63, 3.8) is 0 Å². The molecule has 106 valence electrons. The SMILES string of the molecule is Cc1ccc(NCc2cc3ccccc3[nH]c2=O)c(C)n1. The van der Waals surface area contributed by atoms with Gasteiger partial charge in [-0.25, -0.2) is 0 Å². The highest BCUT2D eigenvalue weighted by Crippen LogP contribution is 2.15. The Balaban J connectivity index is 1.88. The van der Waals surface area contributed by atoms with Gasteiger partial charge in [-0.2, -0.15) is 0 Å². The number of rotatable bonds is 3. The standard InChI is InChI=1S/C17H17N3O/c1-11-7-8-15(12(2)19-11)18-10-14-9-13-5-3-4-6-16(13)20-17(14)21/h3-9,18H,10H2,1-2H3,(H,20,21). The van der Waals surface area contributed by atoms with E-state index in [4.69, 9.17) is 0 Å². The van der Waals surface area contributed by atoms with Crippen LogP contribution in [0.25, 0.3) is 10.9 Å². The van der Waals surface area contributed by atoms with Gasteiger partial charge in [-0.05, 0) is 43.5 Å². The summed E-state index contributed by atoms with van der Waals surface area (Å²) in [5, 5.41) is 4.31. The third kappa shape index (κ3) is 2.79. The molecule has 2 N–H and O–H groups in total. The molecule has 0 radical (unpaired) electrons. The summed E-state index contributed by atoms with van der Waals surface area (Å²) in [5.41, 5.74) is 4.40. The molecule has 3 rings (SSSR count). The minimum absolute atomic E-state index is 0.0566. The number of hydrogen-bond donors (Lipinski definition) is 2. The number of nitrogens with one attached hydrogen (secondary N) is 2. The summed E-state index contributed by atoms with van der Waals surface area (Å²) in [6, 6.07) is 13.7. The van der Waals surface area contributed by atoms with Gasteiger partial charge in [0.2, 0.25) is 0 Å². The van der Waals surface area contributed by atoms with Gasteiger partial charge in [0.25, 0.3) is 5.56 Å². The van der Waals surface area contributed by atoms with Crippen LogP contribution < -0.4 is 10.9 Å². The topological polar surface area (TPSA) is 57.8 Å². The number of H-pyrrole nitrogens is 1. The molecule has 0 aliphatic carbocycles. The summed E-state index contributed by atoms with van der Waals surface area (Å²) >= 11 is 0. The molecule has 0 amide bonds. The monoisotopic (exact) mass is 279 g/mol. The van der Waals surface area contributed by atoms with Crippen LogP contribution in [0.1, 0.15) is 17.0 Å². The average Bonchev–Trinajstić information content (AvgIpc) is 2.46. The largest absolute Gasteiger partial charge is 0.379 e. The molecule has 4 nitrogen and oxygen atoms in total. The van der Waals surface area contributed by atoms with Gasteiger partial charge in [-0.3, -0.25) is 9.78 Å². The molecule has 3 aromatic rings. The number of hydrogen-bond acceptors (Lipinski definition) is 3. The molecule has 0 aliphatic heterocycles. The van der Waals surface area contributed by atoms with Crippen LogP contribution in [-0.4, -0.2) is 9.97 Å². The molecule has 0 saturated heterocycles. The first-order valence-corrected chi connectivity index (χ1v) is 6.92. The fraction of sp³-hybridized carbons (Fsp3) is 0.176. The van der Waals surface area contributed by atoms with Crippen molar-refractivity contribution in [2.24, 2.45) is 0 Å². The lowest BCUT2D eigenvalue weighted by Gasteiger charge is -2.09. The summed E-state index contributed by atoms with van der Waals surface area (Å²) < 4.78 is 0. The van der Waals surface area contributed by atoms with Crippen molar-refractivity contribution < 1.29 is 0 Å². The molecule has 21 heavy (non-hydrogen) atoms. The predicted octanol–water partition coefficient (Wildman–Crippen LogP) is 3.15. The molecule has 0 aliphatic rings. The normalized spacial score (nSPS) is 10.8. The number of para-hydroxylation sites is 1. The van der Waals surface area contributed by atoms with E-state index in [2.05, 4.69) is 15.3 Å². The molecule has 0 atom stereocenters. The molecule has 0 fully saturated rings. The van der Waals surface area contributed by atoms with E-state index in [-0.39, 0.29) is 5.56 Å². The first kappa shape index (κ1) is 13.4. The van der Waals surface area contributed by atoms with E-state index in [1.54, 1.807) is 0 Å². The van der Waals surface area contributed by atoms with Gasteiger partial charge in [0.05, 0.1) is 11.4 Å². The summed E-state index contributed by atoms with van der Waals surface area (Å²) in [6.45, 7) is 4.40. The van der Waals surface area contributed by atoms with E-state index < -0.39 is 0 Å². The minimum Gasteiger partial charge on any atom is -0.379 e. The Morgan fingerprint density at radius 2 is 1.95 bits per heavy atom.